The van der Waals surface area contributed by atoms with E-state index in [1.165, 1.54) is 30.0 Å². The lowest BCUT2D eigenvalue weighted by Gasteiger charge is -2.09. The summed E-state index contributed by atoms with van der Waals surface area (Å²) in [5.41, 5.74) is 1.35. The van der Waals surface area contributed by atoms with Crippen molar-refractivity contribution in [3.8, 4) is 5.75 Å². The number of nitrogens with one attached hydrogen (secondary N) is 1. The van der Waals surface area contributed by atoms with Crippen molar-refractivity contribution < 1.29 is 21.4 Å². The van der Waals surface area contributed by atoms with Gasteiger partial charge >= 0.3 is 15.7 Å². The standard InChI is InChI=1S/C25H17FN2O6S2/c1-14-2-9-21-20(10-14)24(30)28-25(27-21)35-13-15-11-23(29)33-22-12-17(5-8-19(15)22)34-36(31,32)18-6-3-16(26)4-7-18/h2-12H,13H2,1H3,(H,27,28,30). The molecule has 0 radical (unpaired) electrons. The zero-order valence-electron chi connectivity index (χ0n) is 18.6. The van der Waals surface area contributed by atoms with Gasteiger partial charge in [0.1, 0.15) is 22.0 Å². The number of aryl methyl sites for hydroxylation is 1. The van der Waals surface area contributed by atoms with Gasteiger partial charge in [0.2, 0.25) is 0 Å². The Labute approximate surface area is 207 Å². The number of fused-ring (bicyclic) bond motifs is 2. The lowest BCUT2D eigenvalue weighted by Crippen LogP contribution is -2.10. The van der Waals surface area contributed by atoms with Gasteiger partial charge in [0.25, 0.3) is 5.56 Å². The second kappa shape index (κ2) is 9.25. The van der Waals surface area contributed by atoms with Gasteiger partial charge in [-0.3, -0.25) is 4.79 Å². The van der Waals surface area contributed by atoms with Crippen LogP contribution < -0.4 is 15.4 Å². The van der Waals surface area contributed by atoms with E-state index < -0.39 is 21.6 Å². The summed E-state index contributed by atoms with van der Waals surface area (Å²) in [7, 11) is -4.22. The number of hydrogen-bond donors (Lipinski definition) is 1. The van der Waals surface area contributed by atoms with E-state index in [-0.39, 0.29) is 27.5 Å². The highest BCUT2D eigenvalue weighted by Gasteiger charge is 2.18. The van der Waals surface area contributed by atoms with Crippen LogP contribution in [0.4, 0.5) is 4.39 Å². The molecule has 0 saturated carbocycles. The van der Waals surface area contributed by atoms with Gasteiger partial charge in [-0.05, 0) is 61.0 Å². The van der Waals surface area contributed by atoms with E-state index in [0.29, 0.717) is 27.0 Å². The molecule has 0 saturated heterocycles. The monoisotopic (exact) mass is 524 g/mol. The van der Waals surface area contributed by atoms with Crippen LogP contribution in [0.3, 0.4) is 0 Å². The van der Waals surface area contributed by atoms with Crippen LogP contribution in [0.5, 0.6) is 5.75 Å². The summed E-state index contributed by atoms with van der Waals surface area (Å²) in [6.07, 6.45) is 0. The number of nitrogens with zero attached hydrogens (tertiary/aromatic N) is 1. The number of rotatable bonds is 6. The number of aromatic amines is 1. The molecular weight excluding hydrogens is 507 g/mol. The lowest BCUT2D eigenvalue weighted by molar-refractivity contribution is 0.485. The molecule has 11 heteroatoms. The minimum atomic E-state index is -4.22. The number of benzene rings is 3. The Kier molecular flexibility index (Phi) is 6.10. The molecule has 5 aromatic rings. The largest absolute Gasteiger partial charge is 0.423 e. The van der Waals surface area contributed by atoms with Crippen LogP contribution in [0.1, 0.15) is 11.1 Å². The molecule has 8 nitrogen and oxygen atoms in total. The van der Waals surface area contributed by atoms with E-state index in [1.807, 2.05) is 13.0 Å². The van der Waals surface area contributed by atoms with Crippen molar-refractivity contribution in [3.05, 3.63) is 104 Å². The molecule has 36 heavy (non-hydrogen) atoms. The Bertz CT molecular complexity index is 1850. The quantitative estimate of drug-likeness (QED) is 0.149. The zero-order chi connectivity index (χ0) is 25.4. The Balaban J connectivity index is 1.42. The van der Waals surface area contributed by atoms with Crippen LogP contribution in [0.25, 0.3) is 21.9 Å². The predicted molar refractivity (Wildman–Crippen MR) is 133 cm³/mol. The average molecular weight is 525 g/mol. The minimum absolute atomic E-state index is 0.0735. The maximum Gasteiger partial charge on any atom is 0.339 e. The summed E-state index contributed by atoms with van der Waals surface area (Å²) in [6, 6.07) is 15.2. The van der Waals surface area contributed by atoms with Gasteiger partial charge in [-0.15, -0.1) is 0 Å². The number of thioether (sulfide) groups is 1. The van der Waals surface area contributed by atoms with Gasteiger partial charge in [-0.25, -0.2) is 14.2 Å². The molecule has 1 N–H and O–H groups in total. The van der Waals surface area contributed by atoms with Gasteiger partial charge < -0.3 is 13.6 Å². The fourth-order valence-electron chi connectivity index (χ4n) is 3.60. The topological polar surface area (TPSA) is 119 Å². The molecule has 0 atom stereocenters. The highest BCUT2D eigenvalue weighted by molar-refractivity contribution is 7.98. The Hall–Kier alpha value is -3.96. The maximum absolute atomic E-state index is 13.1. The van der Waals surface area contributed by atoms with Gasteiger partial charge in [-0.1, -0.05) is 23.4 Å². The van der Waals surface area contributed by atoms with Gasteiger partial charge in [-0.2, -0.15) is 8.42 Å². The van der Waals surface area contributed by atoms with Crippen molar-refractivity contribution >= 4 is 43.8 Å². The SMILES string of the molecule is Cc1ccc2nc(SCc3cc(=O)oc4cc(OS(=O)(=O)c5ccc(F)cc5)ccc34)[nH]c(=O)c2c1. The summed E-state index contributed by atoms with van der Waals surface area (Å²) in [4.78, 5) is 31.6. The molecule has 0 fully saturated rings. The molecule has 2 aromatic heterocycles. The van der Waals surface area contributed by atoms with Gasteiger partial charge in [0, 0.05) is 23.3 Å². The minimum Gasteiger partial charge on any atom is -0.423 e. The molecule has 5 rings (SSSR count). The molecule has 0 unspecified atom stereocenters. The highest BCUT2D eigenvalue weighted by Crippen LogP contribution is 2.29. The van der Waals surface area contributed by atoms with Crippen molar-refractivity contribution in [2.24, 2.45) is 0 Å². The fourth-order valence-corrected chi connectivity index (χ4v) is 5.38. The van der Waals surface area contributed by atoms with E-state index in [9.17, 15) is 22.4 Å². The Morgan fingerprint density at radius 1 is 1.00 bits per heavy atom. The summed E-state index contributed by atoms with van der Waals surface area (Å²) < 4.78 is 48.5. The number of H-pyrrole nitrogens is 1. The van der Waals surface area contributed by atoms with Crippen LogP contribution in [0, 0.1) is 12.7 Å². The molecule has 0 bridgehead atoms. The normalized spacial score (nSPS) is 11.7. The first-order chi connectivity index (χ1) is 17.2. The third-order valence-corrected chi connectivity index (χ3v) is 7.50. The van der Waals surface area contributed by atoms with E-state index in [2.05, 4.69) is 9.97 Å². The number of halogens is 1. The summed E-state index contributed by atoms with van der Waals surface area (Å²) in [6.45, 7) is 1.89. The van der Waals surface area contributed by atoms with E-state index in [4.69, 9.17) is 8.60 Å². The van der Waals surface area contributed by atoms with E-state index >= 15 is 0 Å². The first-order valence-corrected chi connectivity index (χ1v) is 13.0. The molecule has 0 spiro atoms. The van der Waals surface area contributed by atoms with Crippen LogP contribution in [0.2, 0.25) is 0 Å². The summed E-state index contributed by atoms with van der Waals surface area (Å²) >= 11 is 1.24. The smallest absolute Gasteiger partial charge is 0.339 e. The second-order valence-corrected chi connectivity index (χ2v) is 10.4. The first-order valence-electron chi connectivity index (χ1n) is 10.6. The van der Waals surface area contributed by atoms with Crippen molar-refractivity contribution in [1.82, 2.24) is 9.97 Å². The molecule has 0 aliphatic carbocycles. The third kappa shape index (κ3) is 4.88. The molecule has 0 aliphatic rings. The van der Waals surface area contributed by atoms with Crippen LogP contribution in [-0.4, -0.2) is 18.4 Å². The van der Waals surface area contributed by atoms with E-state index in [1.54, 1.807) is 18.2 Å². The number of aromatic nitrogens is 2. The van der Waals surface area contributed by atoms with Crippen molar-refractivity contribution in [1.29, 1.82) is 0 Å². The first kappa shape index (κ1) is 23.8. The van der Waals surface area contributed by atoms with Gasteiger partial charge in [0.15, 0.2) is 5.16 Å². The summed E-state index contributed by atoms with van der Waals surface area (Å²) in [5.74, 6) is -0.364. The van der Waals surface area contributed by atoms with E-state index in [0.717, 1.165) is 29.8 Å². The van der Waals surface area contributed by atoms with Gasteiger partial charge in [0.05, 0.1) is 10.9 Å². The third-order valence-electron chi connectivity index (χ3n) is 5.31. The molecule has 0 aliphatic heterocycles. The highest BCUT2D eigenvalue weighted by atomic mass is 32.2. The maximum atomic E-state index is 13.1. The van der Waals surface area contributed by atoms with Crippen LogP contribution >= 0.6 is 11.8 Å². The summed E-state index contributed by atoms with van der Waals surface area (Å²) in [5, 5.41) is 1.45. The number of hydrogen-bond acceptors (Lipinski definition) is 8. The second-order valence-electron chi connectivity index (χ2n) is 7.92. The molecule has 182 valence electrons. The van der Waals surface area contributed by atoms with Crippen molar-refractivity contribution in [2.75, 3.05) is 0 Å². The lowest BCUT2D eigenvalue weighted by atomic mass is 10.1. The molecule has 2 heterocycles. The van der Waals surface area contributed by atoms with Crippen molar-refractivity contribution in [2.45, 2.75) is 22.7 Å². The van der Waals surface area contributed by atoms with Crippen LogP contribution in [-0.2, 0) is 15.9 Å². The average Bonchev–Trinajstić information content (AvgIpc) is 2.82. The molecule has 3 aromatic carbocycles. The predicted octanol–water partition coefficient (Wildman–Crippen LogP) is 4.54. The Morgan fingerprint density at radius 2 is 1.78 bits per heavy atom. The molecular formula is C25H17FN2O6S2. The van der Waals surface area contributed by atoms with Crippen LogP contribution in [0.15, 0.2) is 90.8 Å². The molecule has 0 amide bonds. The van der Waals surface area contributed by atoms with Crippen molar-refractivity contribution in [3.63, 3.8) is 0 Å². The Morgan fingerprint density at radius 3 is 2.56 bits per heavy atom. The fraction of sp³-hybridized carbons (Fsp3) is 0.0800. The zero-order valence-corrected chi connectivity index (χ0v) is 20.3.